The Morgan fingerprint density at radius 2 is 1.59 bits per heavy atom. The highest BCUT2D eigenvalue weighted by molar-refractivity contribution is 7.89. The van der Waals surface area contributed by atoms with E-state index < -0.39 is 15.6 Å². The Labute approximate surface area is 235 Å². The number of hydrogen-bond acceptors (Lipinski definition) is 4. The molecule has 0 radical (unpaired) electrons. The maximum absolute atomic E-state index is 13.4. The number of nitrogens with one attached hydrogen (secondary N) is 2. The molecule has 1 aromatic carbocycles. The monoisotopic (exact) mass is 559 g/mol. The van der Waals surface area contributed by atoms with Gasteiger partial charge in [0.2, 0.25) is 10.0 Å². The molecule has 0 saturated heterocycles. The Morgan fingerprint density at radius 1 is 0.974 bits per heavy atom. The number of rotatable bonds is 8. The van der Waals surface area contributed by atoms with Crippen LogP contribution in [-0.2, 0) is 22.0 Å². The van der Waals surface area contributed by atoms with Crippen LogP contribution in [0.3, 0.4) is 0 Å². The van der Waals surface area contributed by atoms with E-state index in [1.807, 2.05) is 39.8 Å². The van der Waals surface area contributed by atoms with Crippen LogP contribution < -0.4 is 10.0 Å². The fraction of sp³-hybridized carbons (Fsp3) is 0.645. The van der Waals surface area contributed by atoms with Gasteiger partial charge in [-0.3, -0.25) is 4.79 Å². The van der Waals surface area contributed by atoms with E-state index in [-0.39, 0.29) is 28.3 Å². The fourth-order valence-electron chi connectivity index (χ4n) is 5.10. The van der Waals surface area contributed by atoms with Crippen LogP contribution in [0.25, 0.3) is 11.3 Å². The van der Waals surface area contributed by atoms with Gasteiger partial charge in [0.05, 0.1) is 5.60 Å². The Bertz CT molecular complexity index is 1280. The molecule has 1 aliphatic rings. The second-order valence-corrected chi connectivity index (χ2v) is 15.7. The Morgan fingerprint density at radius 3 is 2.13 bits per heavy atom. The van der Waals surface area contributed by atoms with Gasteiger partial charge >= 0.3 is 0 Å². The van der Waals surface area contributed by atoms with Gasteiger partial charge in [0.25, 0.3) is 5.91 Å². The summed E-state index contributed by atoms with van der Waals surface area (Å²) in [5.74, 6) is 0.314. The molecule has 3 rings (SSSR count). The molecule has 1 heterocycles. The third kappa shape index (κ3) is 8.41. The standard InChI is InChI=1S/C31H49N3O4S/c1-21-27(39(37,38)32-20-31(8,9)36)18-26(34(21)19-22-13-11-10-12-14-22)23-15-24(28(35)33-30(5,6)7)17-25(16-23)29(2,3)4/h15-18,22,32,36H,10-14,19-20H2,1-9H3,(H,33,35). The van der Waals surface area contributed by atoms with Crippen LogP contribution in [0.1, 0.15) is 109 Å². The van der Waals surface area contributed by atoms with Gasteiger partial charge in [-0.2, -0.15) is 0 Å². The van der Waals surface area contributed by atoms with Gasteiger partial charge in [0, 0.05) is 35.6 Å². The molecule has 39 heavy (non-hydrogen) atoms. The third-order valence-electron chi connectivity index (χ3n) is 7.32. The van der Waals surface area contributed by atoms with Gasteiger partial charge in [0.15, 0.2) is 0 Å². The molecule has 7 nitrogen and oxygen atoms in total. The number of aliphatic hydroxyl groups is 1. The van der Waals surface area contributed by atoms with E-state index in [1.54, 1.807) is 19.9 Å². The number of nitrogens with zero attached hydrogens (tertiary/aromatic N) is 1. The lowest BCUT2D eigenvalue weighted by Gasteiger charge is -2.26. The summed E-state index contributed by atoms with van der Waals surface area (Å²) < 4.78 is 31.6. The summed E-state index contributed by atoms with van der Waals surface area (Å²) >= 11 is 0. The van der Waals surface area contributed by atoms with Crippen molar-refractivity contribution in [3.63, 3.8) is 0 Å². The second-order valence-electron chi connectivity index (χ2n) is 14.0. The molecule has 0 spiro atoms. The number of amides is 1. The molecular formula is C31H49N3O4S. The van der Waals surface area contributed by atoms with Crippen molar-refractivity contribution in [3.05, 3.63) is 41.1 Å². The molecule has 218 valence electrons. The predicted molar refractivity (Wildman–Crippen MR) is 159 cm³/mol. The Balaban J connectivity index is 2.20. The Hall–Kier alpha value is -2.16. The molecule has 1 saturated carbocycles. The molecule has 1 aliphatic carbocycles. The van der Waals surface area contributed by atoms with Crippen molar-refractivity contribution in [2.24, 2.45) is 5.92 Å². The summed E-state index contributed by atoms with van der Waals surface area (Å²) in [6.45, 7) is 17.8. The van der Waals surface area contributed by atoms with Crippen molar-refractivity contribution in [1.82, 2.24) is 14.6 Å². The van der Waals surface area contributed by atoms with Crippen LogP contribution in [0, 0.1) is 12.8 Å². The minimum atomic E-state index is -3.87. The summed E-state index contributed by atoms with van der Waals surface area (Å²) in [5.41, 5.74) is 2.06. The van der Waals surface area contributed by atoms with Crippen LogP contribution >= 0.6 is 0 Å². The van der Waals surface area contributed by atoms with Crippen LogP contribution in [0.5, 0.6) is 0 Å². The highest BCUT2D eigenvalue weighted by Crippen LogP contribution is 2.35. The zero-order chi connectivity index (χ0) is 29.4. The fourth-order valence-corrected chi connectivity index (χ4v) is 6.56. The summed E-state index contributed by atoms with van der Waals surface area (Å²) in [6, 6.07) is 7.64. The van der Waals surface area contributed by atoms with E-state index in [1.165, 1.54) is 19.3 Å². The molecule has 2 aromatic rings. The minimum Gasteiger partial charge on any atom is -0.389 e. The number of hydrogen-bond donors (Lipinski definition) is 3. The molecule has 1 amide bonds. The number of carbonyl (C=O) groups is 1. The molecular weight excluding hydrogens is 510 g/mol. The molecule has 0 aliphatic heterocycles. The first kappa shape index (κ1) is 31.4. The van der Waals surface area contributed by atoms with E-state index in [0.717, 1.165) is 36.2 Å². The summed E-state index contributed by atoms with van der Waals surface area (Å²) in [5, 5.41) is 13.2. The Kier molecular flexibility index (Phi) is 9.15. The average molecular weight is 560 g/mol. The number of carbonyl (C=O) groups excluding carboxylic acids is 1. The number of sulfonamides is 1. The van der Waals surface area contributed by atoms with Crippen LogP contribution in [0.4, 0.5) is 0 Å². The van der Waals surface area contributed by atoms with E-state index in [9.17, 15) is 18.3 Å². The highest BCUT2D eigenvalue weighted by Gasteiger charge is 2.28. The van der Waals surface area contributed by atoms with Crippen molar-refractivity contribution in [2.45, 2.75) is 122 Å². The maximum atomic E-state index is 13.4. The van der Waals surface area contributed by atoms with Crippen molar-refractivity contribution >= 4 is 15.9 Å². The van der Waals surface area contributed by atoms with E-state index in [0.29, 0.717) is 17.2 Å². The van der Waals surface area contributed by atoms with Crippen molar-refractivity contribution in [1.29, 1.82) is 0 Å². The normalized spacial score (nSPS) is 15.9. The smallest absolute Gasteiger partial charge is 0.251 e. The maximum Gasteiger partial charge on any atom is 0.251 e. The molecule has 0 unspecified atom stereocenters. The van der Waals surface area contributed by atoms with E-state index in [2.05, 4.69) is 41.4 Å². The molecule has 1 aromatic heterocycles. The van der Waals surface area contributed by atoms with Crippen molar-refractivity contribution in [3.8, 4) is 11.3 Å². The zero-order valence-corrected chi connectivity index (χ0v) is 26.2. The van der Waals surface area contributed by atoms with Gasteiger partial charge < -0.3 is 15.0 Å². The topological polar surface area (TPSA) is 100 Å². The first-order chi connectivity index (χ1) is 17.8. The summed E-state index contributed by atoms with van der Waals surface area (Å²) in [4.78, 5) is 13.5. The number of benzene rings is 1. The lowest BCUT2D eigenvalue weighted by Crippen LogP contribution is -2.40. The van der Waals surface area contributed by atoms with E-state index in [4.69, 9.17) is 0 Å². The van der Waals surface area contributed by atoms with Crippen molar-refractivity contribution < 1.29 is 18.3 Å². The van der Waals surface area contributed by atoms with Gasteiger partial charge in [-0.1, -0.05) is 40.0 Å². The molecule has 0 atom stereocenters. The zero-order valence-electron chi connectivity index (χ0n) is 25.4. The predicted octanol–water partition coefficient (Wildman–Crippen LogP) is 5.92. The summed E-state index contributed by atoms with van der Waals surface area (Å²) in [6.07, 6.45) is 5.87. The highest BCUT2D eigenvalue weighted by atomic mass is 32.2. The van der Waals surface area contributed by atoms with Gasteiger partial charge in [-0.05, 0) is 101 Å². The molecule has 8 heteroatoms. The third-order valence-corrected chi connectivity index (χ3v) is 8.83. The van der Waals surface area contributed by atoms with Gasteiger partial charge in [0.1, 0.15) is 4.90 Å². The average Bonchev–Trinajstić information content (AvgIpc) is 3.13. The lowest BCUT2D eigenvalue weighted by molar-refractivity contribution is 0.0856. The van der Waals surface area contributed by atoms with Crippen LogP contribution in [0.2, 0.25) is 0 Å². The minimum absolute atomic E-state index is 0.0887. The first-order valence-electron chi connectivity index (χ1n) is 14.2. The quantitative estimate of drug-likeness (QED) is 0.374. The SMILES string of the molecule is Cc1c(S(=O)(=O)NCC(C)(C)O)cc(-c2cc(C(=O)NC(C)(C)C)cc(C(C)(C)C)c2)n1CC1CCCCC1. The van der Waals surface area contributed by atoms with Gasteiger partial charge in [-0.25, -0.2) is 13.1 Å². The van der Waals surface area contributed by atoms with Crippen molar-refractivity contribution in [2.75, 3.05) is 6.54 Å². The first-order valence-corrected chi connectivity index (χ1v) is 15.7. The van der Waals surface area contributed by atoms with Gasteiger partial charge in [-0.15, -0.1) is 0 Å². The molecule has 1 fully saturated rings. The van der Waals surface area contributed by atoms with Crippen LogP contribution in [-0.4, -0.2) is 41.7 Å². The van der Waals surface area contributed by atoms with Crippen LogP contribution in [0.15, 0.2) is 29.2 Å². The largest absolute Gasteiger partial charge is 0.389 e. The number of aromatic nitrogens is 1. The second kappa shape index (κ2) is 11.4. The molecule has 0 bridgehead atoms. The molecule has 3 N–H and O–H groups in total. The summed E-state index contributed by atoms with van der Waals surface area (Å²) in [7, 11) is -3.87. The van der Waals surface area contributed by atoms with E-state index >= 15 is 0 Å². The lowest BCUT2D eigenvalue weighted by atomic mass is 9.84.